The maximum atomic E-state index is 5.71. The molecule has 0 saturated carbocycles. The predicted octanol–water partition coefficient (Wildman–Crippen LogP) is 3.23. The normalized spacial score (nSPS) is 10.7. The summed E-state index contributed by atoms with van der Waals surface area (Å²) in [7, 11) is 0. The van der Waals surface area contributed by atoms with Gasteiger partial charge in [0.05, 0.1) is 0 Å². The molecule has 1 aromatic carbocycles. The fraction of sp³-hybridized carbons (Fsp3) is 0.286. The number of ether oxygens (including phenoxy) is 1. The van der Waals surface area contributed by atoms with Crippen LogP contribution in [0.2, 0.25) is 0 Å². The molecule has 0 radical (unpaired) electrons. The van der Waals surface area contributed by atoms with Gasteiger partial charge < -0.3 is 10.2 Å². The summed E-state index contributed by atoms with van der Waals surface area (Å²) >= 11 is 3.43. The van der Waals surface area contributed by atoms with Crippen LogP contribution in [0.25, 0.3) is 0 Å². The monoisotopic (exact) mass is 336 g/mol. The van der Waals surface area contributed by atoms with E-state index in [1.807, 2.05) is 38.1 Å². The highest BCUT2D eigenvalue weighted by Crippen LogP contribution is 2.19. The molecule has 106 valence electrons. The van der Waals surface area contributed by atoms with Gasteiger partial charge in [0.1, 0.15) is 18.2 Å². The van der Waals surface area contributed by atoms with Crippen LogP contribution in [0.15, 0.2) is 34.8 Å². The van der Waals surface area contributed by atoms with Gasteiger partial charge in [0.25, 0.3) is 0 Å². The lowest BCUT2D eigenvalue weighted by atomic mass is 10.2. The molecule has 3 N–H and O–H groups in total. The zero-order chi connectivity index (χ0) is 14.5. The van der Waals surface area contributed by atoms with Crippen LogP contribution in [0.4, 0.5) is 5.82 Å². The Balaban J connectivity index is 2.14. The van der Waals surface area contributed by atoms with Gasteiger partial charge in [-0.1, -0.05) is 41.9 Å². The molecule has 6 heteroatoms. The number of nitrogen functional groups attached to an aromatic ring is 1. The Kier molecular flexibility index (Phi) is 4.92. The summed E-state index contributed by atoms with van der Waals surface area (Å²) in [5, 5.41) is 0. The van der Waals surface area contributed by atoms with Crippen molar-refractivity contribution in [2.24, 2.45) is 5.84 Å². The van der Waals surface area contributed by atoms with E-state index in [-0.39, 0.29) is 5.92 Å². The van der Waals surface area contributed by atoms with E-state index in [9.17, 15) is 0 Å². The van der Waals surface area contributed by atoms with E-state index in [2.05, 4.69) is 31.3 Å². The molecule has 20 heavy (non-hydrogen) atoms. The molecule has 5 nitrogen and oxygen atoms in total. The summed E-state index contributed by atoms with van der Waals surface area (Å²) in [5.41, 5.74) is 3.59. The van der Waals surface area contributed by atoms with Crippen molar-refractivity contribution < 1.29 is 4.74 Å². The van der Waals surface area contributed by atoms with Gasteiger partial charge >= 0.3 is 0 Å². The topological polar surface area (TPSA) is 73.1 Å². The largest absolute Gasteiger partial charge is 0.473 e. The van der Waals surface area contributed by atoms with Crippen LogP contribution in [0, 0.1) is 0 Å². The van der Waals surface area contributed by atoms with E-state index in [0.29, 0.717) is 24.1 Å². The molecular formula is C14H17BrN4O. The van der Waals surface area contributed by atoms with Crippen LogP contribution in [-0.2, 0) is 6.61 Å². The zero-order valence-corrected chi connectivity index (χ0v) is 13.0. The first-order chi connectivity index (χ1) is 9.58. The molecule has 0 fully saturated rings. The fourth-order valence-corrected chi connectivity index (χ4v) is 2.08. The van der Waals surface area contributed by atoms with Crippen LogP contribution in [0.5, 0.6) is 5.88 Å². The number of anilines is 1. The molecule has 0 bridgehead atoms. The lowest BCUT2D eigenvalue weighted by Crippen LogP contribution is -2.12. The second-order valence-corrected chi connectivity index (χ2v) is 5.58. The number of benzene rings is 1. The zero-order valence-electron chi connectivity index (χ0n) is 11.4. The first-order valence-corrected chi connectivity index (χ1v) is 7.10. The van der Waals surface area contributed by atoms with Crippen LogP contribution in [0.3, 0.4) is 0 Å². The number of aromatic nitrogens is 2. The standard InChI is InChI=1S/C14H17BrN4O/c1-9(2)14-17-12(19-16)7-13(18-14)20-8-10-4-3-5-11(15)6-10/h3-7,9H,8,16H2,1-2H3,(H,17,18,19). The molecule has 0 atom stereocenters. The van der Waals surface area contributed by atoms with Crippen molar-refractivity contribution in [1.82, 2.24) is 9.97 Å². The first-order valence-electron chi connectivity index (χ1n) is 6.31. The van der Waals surface area contributed by atoms with E-state index < -0.39 is 0 Å². The summed E-state index contributed by atoms with van der Waals surface area (Å²) in [6, 6.07) is 9.63. The van der Waals surface area contributed by atoms with Crippen LogP contribution in [0.1, 0.15) is 31.2 Å². The van der Waals surface area contributed by atoms with Gasteiger partial charge in [0, 0.05) is 16.5 Å². The number of hydrogen-bond donors (Lipinski definition) is 2. The Morgan fingerprint density at radius 2 is 2.10 bits per heavy atom. The van der Waals surface area contributed by atoms with E-state index in [1.54, 1.807) is 6.07 Å². The van der Waals surface area contributed by atoms with Crippen molar-refractivity contribution in [1.29, 1.82) is 0 Å². The Morgan fingerprint density at radius 3 is 2.75 bits per heavy atom. The molecular weight excluding hydrogens is 320 g/mol. The average Bonchev–Trinajstić information content (AvgIpc) is 2.45. The first kappa shape index (κ1) is 14.7. The second kappa shape index (κ2) is 6.67. The van der Waals surface area contributed by atoms with Gasteiger partial charge in [-0.25, -0.2) is 10.8 Å². The van der Waals surface area contributed by atoms with Gasteiger partial charge in [0.15, 0.2) is 0 Å². The molecule has 0 unspecified atom stereocenters. The summed E-state index contributed by atoms with van der Waals surface area (Å²) in [6.45, 7) is 4.49. The van der Waals surface area contributed by atoms with Crippen molar-refractivity contribution in [3.8, 4) is 5.88 Å². The number of nitrogens with zero attached hydrogens (tertiary/aromatic N) is 2. The van der Waals surface area contributed by atoms with E-state index >= 15 is 0 Å². The third kappa shape index (κ3) is 3.91. The van der Waals surface area contributed by atoms with Crippen molar-refractivity contribution in [2.45, 2.75) is 26.4 Å². The highest BCUT2D eigenvalue weighted by atomic mass is 79.9. The molecule has 1 aromatic heterocycles. The van der Waals surface area contributed by atoms with Crippen LogP contribution >= 0.6 is 15.9 Å². The Hall–Kier alpha value is -1.66. The lowest BCUT2D eigenvalue weighted by Gasteiger charge is -2.11. The van der Waals surface area contributed by atoms with E-state index in [0.717, 1.165) is 10.0 Å². The van der Waals surface area contributed by atoms with Crippen molar-refractivity contribution in [2.75, 3.05) is 5.43 Å². The number of nitrogens with two attached hydrogens (primary N) is 1. The minimum atomic E-state index is 0.205. The summed E-state index contributed by atoms with van der Waals surface area (Å²) in [5.74, 6) is 7.38. The highest BCUT2D eigenvalue weighted by molar-refractivity contribution is 9.10. The van der Waals surface area contributed by atoms with Gasteiger partial charge in [-0.2, -0.15) is 4.98 Å². The maximum Gasteiger partial charge on any atom is 0.219 e. The third-order valence-electron chi connectivity index (χ3n) is 2.66. The summed E-state index contributed by atoms with van der Waals surface area (Å²) < 4.78 is 6.73. The quantitative estimate of drug-likeness (QED) is 0.647. The van der Waals surface area contributed by atoms with Crippen LogP contribution < -0.4 is 16.0 Å². The van der Waals surface area contributed by atoms with Crippen molar-refractivity contribution >= 4 is 21.7 Å². The van der Waals surface area contributed by atoms with E-state index in [4.69, 9.17) is 10.6 Å². The molecule has 0 saturated heterocycles. The molecule has 0 aliphatic heterocycles. The number of hydrogen-bond acceptors (Lipinski definition) is 5. The van der Waals surface area contributed by atoms with Crippen molar-refractivity contribution in [3.63, 3.8) is 0 Å². The Labute approximate surface area is 126 Å². The summed E-state index contributed by atoms with van der Waals surface area (Å²) in [4.78, 5) is 8.66. The molecule has 0 amide bonds. The molecule has 2 rings (SSSR count). The molecule has 1 heterocycles. The molecule has 2 aromatic rings. The maximum absolute atomic E-state index is 5.71. The smallest absolute Gasteiger partial charge is 0.219 e. The highest BCUT2D eigenvalue weighted by Gasteiger charge is 2.08. The van der Waals surface area contributed by atoms with Gasteiger partial charge in [-0.05, 0) is 17.7 Å². The van der Waals surface area contributed by atoms with Crippen LogP contribution in [-0.4, -0.2) is 9.97 Å². The van der Waals surface area contributed by atoms with Gasteiger partial charge in [-0.3, -0.25) is 0 Å². The molecule has 0 aliphatic rings. The average molecular weight is 337 g/mol. The number of hydrazine groups is 1. The molecule has 0 spiro atoms. The lowest BCUT2D eigenvalue weighted by molar-refractivity contribution is 0.292. The molecule has 0 aliphatic carbocycles. The minimum Gasteiger partial charge on any atom is -0.473 e. The second-order valence-electron chi connectivity index (χ2n) is 4.67. The third-order valence-corrected chi connectivity index (χ3v) is 3.15. The fourth-order valence-electron chi connectivity index (χ4n) is 1.63. The van der Waals surface area contributed by atoms with Gasteiger partial charge in [-0.15, -0.1) is 0 Å². The SMILES string of the molecule is CC(C)c1nc(NN)cc(OCc2cccc(Br)c2)n1. The predicted molar refractivity (Wildman–Crippen MR) is 82.4 cm³/mol. The minimum absolute atomic E-state index is 0.205. The number of rotatable bonds is 5. The van der Waals surface area contributed by atoms with E-state index in [1.165, 1.54) is 0 Å². The Morgan fingerprint density at radius 1 is 1.30 bits per heavy atom. The van der Waals surface area contributed by atoms with Crippen molar-refractivity contribution in [3.05, 3.63) is 46.2 Å². The Bertz CT molecular complexity index is 589. The number of nitrogens with one attached hydrogen (secondary N) is 1. The summed E-state index contributed by atoms with van der Waals surface area (Å²) in [6.07, 6.45) is 0. The number of halogens is 1. The van der Waals surface area contributed by atoms with Gasteiger partial charge in [0.2, 0.25) is 5.88 Å².